The minimum Gasteiger partial charge on any atom is -0.370 e. The van der Waals surface area contributed by atoms with E-state index in [0.29, 0.717) is 41.4 Å². The molecular weight excluding hydrogens is 342 g/mol. The van der Waals surface area contributed by atoms with E-state index in [1.807, 2.05) is 24.3 Å². The monoisotopic (exact) mass is 357 g/mol. The highest BCUT2D eigenvalue weighted by Crippen LogP contribution is 2.25. The first-order chi connectivity index (χ1) is 12.1. The van der Waals surface area contributed by atoms with Gasteiger partial charge in [-0.05, 0) is 23.8 Å². The molecule has 1 aromatic carbocycles. The molecule has 1 aliphatic rings. The second-order valence-electron chi connectivity index (χ2n) is 5.94. The van der Waals surface area contributed by atoms with Crippen LogP contribution in [0.2, 0.25) is 5.02 Å². The SMILES string of the molecule is Cn1nnc2cc(C(=O)N3CCO[C@@H](c4ccc(Cl)cc4)C3)cnc21. The zero-order chi connectivity index (χ0) is 17.4. The van der Waals surface area contributed by atoms with Crippen molar-refractivity contribution in [3.63, 3.8) is 0 Å². The van der Waals surface area contributed by atoms with Crippen molar-refractivity contribution in [2.24, 2.45) is 7.05 Å². The van der Waals surface area contributed by atoms with Crippen LogP contribution in [0, 0.1) is 0 Å². The molecule has 0 N–H and O–H groups in total. The van der Waals surface area contributed by atoms with Gasteiger partial charge in [0.15, 0.2) is 5.65 Å². The molecule has 8 heteroatoms. The predicted octanol–water partition coefficient (Wildman–Crippen LogP) is 2.23. The summed E-state index contributed by atoms with van der Waals surface area (Å²) in [5.41, 5.74) is 2.77. The fraction of sp³-hybridized carbons (Fsp3) is 0.294. The van der Waals surface area contributed by atoms with Crippen molar-refractivity contribution >= 4 is 28.7 Å². The minimum atomic E-state index is -0.164. The van der Waals surface area contributed by atoms with Crippen molar-refractivity contribution in [1.29, 1.82) is 0 Å². The van der Waals surface area contributed by atoms with Gasteiger partial charge in [-0.2, -0.15) is 0 Å². The maximum absolute atomic E-state index is 12.8. The summed E-state index contributed by atoms with van der Waals surface area (Å²) in [4.78, 5) is 18.9. The molecule has 1 aliphatic heterocycles. The summed E-state index contributed by atoms with van der Waals surface area (Å²) >= 11 is 5.93. The number of benzene rings is 1. The van der Waals surface area contributed by atoms with Crippen molar-refractivity contribution < 1.29 is 9.53 Å². The van der Waals surface area contributed by atoms with Gasteiger partial charge in [-0.25, -0.2) is 9.67 Å². The van der Waals surface area contributed by atoms with E-state index in [-0.39, 0.29) is 12.0 Å². The number of ether oxygens (including phenoxy) is 1. The Bertz CT molecular complexity index is 924. The zero-order valence-corrected chi connectivity index (χ0v) is 14.3. The number of morpholine rings is 1. The highest BCUT2D eigenvalue weighted by molar-refractivity contribution is 6.30. The Balaban J connectivity index is 1.55. The number of pyridine rings is 1. The molecule has 1 amide bonds. The molecule has 25 heavy (non-hydrogen) atoms. The van der Waals surface area contributed by atoms with Crippen LogP contribution in [0.3, 0.4) is 0 Å². The van der Waals surface area contributed by atoms with Crippen LogP contribution in [-0.2, 0) is 11.8 Å². The topological polar surface area (TPSA) is 73.1 Å². The minimum absolute atomic E-state index is 0.0812. The van der Waals surface area contributed by atoms with Gasteiger partial charge in [0.1, 0.15) is 11.6 Å². The average Bonchev–Trinajstić information content (AvgIpc) is 3.02. The lowest BCUT2D eigenvalue weighted by Crippen LogP contribution is -2.42. The lowest BCUT2D eigenvalue weighted by Gasteiger charge is -2.33. The molecule has 0 radical (unpaired) electrons. The molecule has 128 valence electrons. The van der Waals surface area contributed by atoms with E-state index in [4.69, 9.17) is 16.3 Å². The highest BCUT2D eigenvalue weighted by Gasteiger charge is 2.26. The van der Waals surface area contributed by atoms with E-state index in [2.05, 4.69) is 15.3 Å². The van der Waals surface area contributed by atoms with Crippen LogP contribution in [0.1, 0.15) is 22.0 Å². The number of fused-ring (bicyclic) bond motifs is 1. The van der Waals surface area contributed by atoms with E-state index in [1.165, 1.54) is 0 Å². The van der Waals surface area contributed by atoms with E-state index in [1.54, 1.807) is 28.9 Å². The number of amides is 1. The number of hydrogen-bond donors (Lipinski definition) is 0. The molecule has 1 fully saturated rings. The standard InChI is InChI=1S/C17H16ClN5O2/c1-22-16-14(20-21-22)8-12(9-19-16)17(24)23-6-7-25-15(10-23)11-2-4-13(18)5-3-11/h2-5,8-9,15H,6-7,10H2,1H3/t15-/m1/s1. The summed E-state index contributed by atoms with van der Waals surface area (Å²) < 4.78 is 7.39. The Labute approximate surface area is 149 Å². The average molecular weight is 358 g/mol. The van der Waals surface area contributed by atoms with Crippen LogP contribution in [-0.4, -0.2) is 50.5 Å². The van der Waals surface area contributed by atoms with Crippen LogP contribution < -0.4 is 0 Å². The Morgan fingerprint density at radius 1 is 1.32 bits per heavy atom. The first-order valence-electron chi connectivity index (χ1n) is 7.93. The Hall–Kier alpha value is -2.51. The highest BCUT2D eigenvalue weighted by atomic mass is 35.5. The quantitative estimate of drug-likeness (QED) is 0.703. The fourth-order valence-electron chi connectivity index (χ4n) is 2.94. The lowest BCUT2D eigenvalue weighted by molar-refractivity contribution is -0.0228. The predicted molar refractivity (Wildman–Crippen MR) is 92.4 cm³/mol. The number of aryl methyl sites for hydroxylation is 1. The molecule has 3 heterocycles. The van der Waals surface area contributed by atoms with Gasteiger partial charge in [0.25, 0.3) is 5.91 Å². The third kappa shape index (κ3) is 3.08. The smallest absolute Gasteiger partial charge is 0.255 e. The molecule has 1 atom stereocenters. The first kappa shape index (κ1) is 16.0. The third-order valence-corrected chi connectivity index (χ3v) is 4.53. The second kappa shape index (κ2) is 6.42. The van der Waals surface area contributed by atoms with Crippen LogP contribution in [0.5, 0.6) is 0 Å². The summed E-state index contributed by atoms with van der Waals surface area (Å²) in [5, 5.41) is 8.61. The summed E-state index contributed by atoms with van der Waals surface area (Å²) in [6.45, 7) is 1.51. The number of nitrogens with zero attached hydrogens (tertiary/aromatic N) is 5. The third-order valence-electron chi connectivity index (χ3n) is 4.28. The van der Waals surface area contributed by atoms with E-state index in [0.717, 1.165) is 5.56 Å². The first-order valence-corrected chi connectivity index (χ1v) is 8.31. The van der Waals surface area contributed by atoms with E-state index < -0.39 is 0 Å². The number of hydrogen-bond acceptors (Lipinski definition) is 5. The molecule has 4 rings (SSSR count). The molecule has 0 spiro atoms. The van der Waals surface area contributed by atoms with Gasteiger partial charge in [0.2, 0.25) is 0 Å². The summed E-state index contributed by atoms with van der Waals surface area (Å²) in [6, 6.07) is 9.23. The summed E-state index contributed by atoms with van der Waals surface area (Å²) in [6.07, 6.45) is 1.41. The van der Waals surface area contributed by atoms with Crippen molar-refractivity contribution in [3.05, 3.63) is 52.7 Å². The van der Waals surface area contributed by atoms with Gasteiger partial charge in [-0.1, -0.05) is 28.9 Å². The van der Waals surface area contributed by atoms with Crippen LogP contribution >= 0.6 is 11.6 Å². The Morgan fingerprint density at radius 2 is 2.12 bits per heavy atom. The second-order valence-corrected chi connectivity index (χ2v) is 6.38. The normalized spacial score (nSPS) is 17.8. The Kier molecular flexibility index (Phi) is 4.10. The van der Waals surface area contributed by atoms with Crippen molar-refractivity contribution in [2.45, 2.75) is 6.10 Å². The van der Waals surface area contributed by atoms with E-state index >= 15 is 0 Å². The number of halogens is 1. The largest absolute Gasteiger partial charge is 0.370 e. The van der Waals surface area contributed by atoms with E-state index in [9.17, 15) is 4.79 Å². The summed E-state index contributed by atoms with van der Waals surface area (Å²) in [7, 11) is 1.77. The molecule has 0 bridgehead atoms. The van der Waals surface area contributed by atoms with Gasteiger partial charge in [-0.3, -0.25) is 4.79 Å². The maximum Gasteiger partial charge on any atom is 0.255 e. The molecule has 3 aromatic rings. The number of rotatable bonds is 2. The van der Waals surface area contributed by atoms with Crippen LogP contribution in [0.25, 0.3) is 11.2 Å². The molecular formula is C17H16ClN5O2. The van der Waals surface area contributed by atoms with Gasteiger partial charge < -0.3 is 9.64 Å². The van der Waals surface area contributed by atoms with Crippen LogP contribution in [0.15, 0.2) is 36.5 Å². The molecule has 0 saturated carbocycles. The van der Waals surface area contributed by atoms with Gasteiger partial charge >= 0.3 is 0 Å². The maximum atomic E-state index is 12.8. The van der Waals surface area contributed by atoms with Crippen molar-refractivity contribution in [2.75, 3.05) is 19.7 Å². The Morgan fingerprint density at radius 3 is 2.92 bits per heavy atom. The molecule has 0 aliphatic carbocycles. The van der Waals surface area contributed by atoms with Crippen molar-refractivity contribution in [3.8, 4) is 0 Å². The van der Waals surface area contributed by atoms with Crippen molar-refractivity contribution in [1.82, 2.24) is 24.9 Å². The molecule has 7 nitrogen and oxygen atoms in total. The number of aromatic nitrogens is 4. The zero-order valence-electron chi connectivity index (χ0n) is 13.6. The number of carbonyl (C=O) groups is 1. The van der Waals surface area contributed by atoms with Gasteiger partial charge in [0, 0.05) is 24.8 Å². The van der Waals surface area contributed by atoms with Gasteiger partial charge in [-0.15, -0.1) is 5.10 Å². The summed E-state index contributed by atoms with van der Waals surface area (Å²) in [5.74, 6) is -0.0812. The molecule has 2 aromatic heterocycles. The van der Waals surface area contributed by atoms with Gasteiger partial charge in [0.05, 0.1) is 18.7 Å². The molecule has 0 unspecified atom stereocenters. The number of carbonyl (C=O) groups excluding carboxylic acids is 1. The fourth-order valence-corrected chi connectivity index (χ4v) is 3.06. The van der Waals surface area contributed by atoms with Crippen LogP contribution in [0.4, 0.5) is 0 Å². The molecule has 1 saturated heterocycles. The lowest BCUT2D eigenvalue weighted by atomic mass is 10.1.